The van der Waals surface area contributed by atoms with Crippen LogP contribution in [0.4, 0.5) is 0 Å². The Hall–Kier alpha value is -0.500. The molecule has 0 spiro atoms. The van der Waals surface area contributed by atoms with Gasteiger partial charge in [0, 0.05) is 18.2 Å². The second kappa shape index (κ2) is 3.51. The summed E-state index contributed by atoms with van der Waals surface area (Å²) in [5.74, 6) is 0. The molecule has 0 saturated carbocycles. The molecule has 2 nitrogen and oxygen atoms in total. The minimum atomic E-state index is 0.502. The van der Waals surface area contributed by atoms with Gasteiger partial charge in [-0.2, -0.15) is 0 Å². The van der Waals surface area contributed by atoms with Crippen LogP contribution in [-0.2, 0) is 0 Å². The monoisotopic (exact) mass is 128 g/mol. The summed E-state index contributed by atoms with van der Waals surface area (Å²) in [6.45, 7) is 5.75. The Morgan fingerprint density at radius 1 is 1.67 bits per heavy atom. The summed E-state index contributed by atoms with van der Waals surface area (Å²) in [5, 5.41) is 0. The van der Waals surface area contributed by atoms with Crippen molar-refractivity contribution in [1.82, 2.24) is 4.90 Å². The van der Waals surface area contributed by atoms with Gasteiger partial charge in [0.25, 0.3) is 0 Å². The van der Waals surface area contributed by atoms with Gasteiger partial charge in [-0.25, -0.2) is 0 Å². The molecule has 0 aromatic heterocycles. The van der Waals surface area contributed by atoms with Gasteiger partial charge in [-0.1, -0.05) is 6.58 Å². The summed E-state index contributed by atoms with van der Waals surface area (Å²) in [5.41, 5.74) is 6.17. The van der Waals surface area contributed by atoms with E-state index < -0.39 is 0 Å². The van der Waals surface area contributed by atoms with E-state index in [0.717, 1.165) is 12.1 Å². The average molecular weight is 128 g/mol. The van der Waals surface area contributed by atoms with E-state index in [1.165, 1.54) is 0 Å². The molecule has 0 radical (unpaired) electrons. The largest absolute Gasteiger partial charge is 0.402 e. The van der Waals surface area contributed by atoms with Gasteiger partial charge in [0.2, 0.25) is 0 Å². The number of hydrogen-bond acceptors (Lipinski definition) is 2. The molecule has 9 heavy (non-hydrogen) atoms. The van der Waals surface area contributed by atoms with Crippen molar-refractivity contribution in [2.24, 2.45) is 5.73 Å². The smallest absolute Gasteiger partial charge is 0.0115 e. The maximum absolute atomic E-state index is 5.41. The highest BCUT2D eigenvalue weighted by Gasteiger charge is 2.02. The molecule has 0 fully saturated rings. The molecule has 0 amide bonds. The summed E-state index contributed by atoms with van der Waals surface area (Å²) in [4.78, 5) is 2.12. The van der Waals surface area contributed by atoms with Gasteiger partial charge in [0.05, 0.1) is 0 Å². The van der Waals surface area contributed by atoms with Crippen LogP contribution in [0.5, 0.6) is 0 Å². The van der Waals surface area contributed by atoms with Crippen LogP contribution in [-0.4, -0.2) is 25.0 Å². The molecule has 0 aromatic carbocycles. The maximum Gasteiger partial charge on any atom is 0.0115 e. The Kier molecular flexibility index (Phi) is 3.32. The molecule has 0 aromatic rings. The lowest BCUT2D eigenvalue weighted by atomic mass is 10.2. The maximum atomic E-state index is 5.41. The standard InChI is InChI=1S/C7H16N2/c1-6(8)5-7(2)9(3)4/h7H,1,5,8H2,2-4H3. The van der Waals surface area contributed by atoms with E-state index in [0.29, 0.717) is 6.04 Å². The van der Waals surface area contributed by atoms with Gasteiger partial charge in [-0.3, -0.25) is 0 Å². The van der Waals surface area contributed by atoms with E-state index >= 15 is 0 Å². The first kappa shape index (κ1) is 8.50. The van der Waals surface area contributed by atoms with Gasteiger partial charge in [0.1, 0.15) is 0 Å². The van der Waals surface area contributed by atoms with Crippen molar-refractivity contribution in [1.29, 1.82) is 0 Å². The van der Waals surface area contributed by atoms with Crippen molar-refractivity contribution in [3.05, 3.63) is 12.3 Å². The second-order valence-electron chi connectivity index (χ2n) is 2.68. The van der Waals surface area contributed by atoms with Crippen molar-refractivity contribution in [3.8, 4) is 0 Å². The quantitative estimate of drug-likeness (QED) is 0.609. The Morgan fingerprint density at radius 3 is 2.22 bits per heavy atom. The van der Waals surface area contributed by atoms with Crippen molar-refractivity contribution >= 4 is 0 Å². The fourth-order valence-corrected chi connectivity index (χ4v) is 0.562. The molecule has 0 heterocycles. The Labute approximate surface area is 57.3 Å². The molecule has 54 valence electrons. The van der Waals surface area contributed by atoms with Crippen LogP contribution in [0.2, 0.25) is 0 Å². The fourth-order valence-electron chi connectivity index (χ4n) is 0.562. The highest BCUT2D eigenvalue weighted by Crippen LogP contribution is 2.00. The van der Waals surface area contributed by atoms with Gasteiger partial charge < -0.3 is 10.6 Å². The zero-order valence-electron chi connectivity index (χ0n) is 6.52. The number of rotatable bonds is 3. The number of nitrogens with two attached hydrogens (primary N) is 1. The van der Waals surface area contributed by atoms with Crippen molar-refractivity contribution in [2.45, 2.75) is 19.4 Å². The first-order valence-electron chi connectivity index (χ1n) is 3.13. The third kappa shape index (κ3) is 4.03. The minimum Gasteiger partial charge on any atom is -0.402 e. The fraction of sp³-hybridized carbons (Fsp3) is 0.714. The number of hydrogen-bond donors (Lipinski definition) is 1. The Bertz CT molecular complexity index is 97.1. The highest BCUT2D eigenvalue weighted by molar-refractivity contribution is 4.89. The average Bonchev–Trinajstić information content (AvgIpc) is 1.63. The van der Waals surface area contributed by atoms with Crippen molar-refractivity contribution in [2.75, 3.05) is 14.1 Å². The highest BCUT2D eigenvalue weighted by atomic mass is 15.1. The molecule has 0 bridgehead atoms. The molecule has 1 atom stereocenters. The van der Waals surface area contributed by atoms with E-state index in [1.54, 1.807) is 0 Å². The predicted molar refractivity (Wildman–Crippen MR) is 41.1 cm³/mol. The third-order valence-corrected chi connectivity index (χ3v) is 1.44. The summed E-state index contributed by atoms with van der Waals surface area (Å²) < 4.78 is 0. The second-order valence-corrected chi connectivity index (χ2v) is 2.68. The van der Waals surface area contributed by atoms with Crippen LogP contribution in [0.25, 0.3) is 0 Å². The van der Waals surface area contributed by atoms with Gasteiger partial charge in [0.15, 0.2) is 0 Å². The van der Waals surface area contributed by atoms with Gasteiger partial charge in [-0.05, 0) is 21.0 Å². The molecule has 0 aliphatic carbocycles. The van der Waals surface area contributed by atoms with E-state index in [1.807, 2.05) is 14.1 Å². The normalized spacial score (nSPS) is 13.8. The molecular weight excluding hydrogens is 112 g/mol. The van der Waals surface area contributed by atoms with Crippen molar-refractivity contribution < 1.29 is 0 Å². The lowest BCUT2D eigenvalue weighted by molar-refractivity contribution is 0.311. The van der Waals surface area contributed by atoms with Crippen LogP contribution in [0.15, 0.2) is 12.3 Å². The Morgan fingerprint density at radius 2 is 2.11 bits per heavy atom. The van der Waals surface area contributed by atoms with E-state index in [-0.39, 0.29) is 0 Å². The Balaban J connectivity index is 3.50. The van der Waals surface area contributed by atoms with Crippen LogP contribution in [0, 0.1) is 0 Å². The summed E-state index contributed by atoms with van der Waals surface area (Å²) in [7, 11) is 4.07. The lowest BCUT2D eigenvalue weighted by Gasteiger charge is -2.18. The summed E-state index contributed by atoms with van der Waals surface area (Å²) >= 11 is 0. The summed E-state index contributed by atoms with van der Waals surface area (Å²) in [6.07, 6.45) is 0.882. The molecule has 2 N–H and O–H groups in total. The van der Waals surface area contributed by atoms with Crippen LogP contribution < -0.4 is 5.73 Å². The molecule has 2 heteroatoms. The van der Waals surface area contributed by atoms with Crippen molar-refractivity contribution in [3.63, 3.8) is 0 Å². The van der Waals surface area contributed by atoms with Crippen LogP contribution >= 0.6 is 0 Å². The topological polar surface area (TPSA) is 29.3 Å². The van der Waals surface area contributed by atoms with Crippen LogP contribution in [0.3, 0.4) is 0 Å². The van der Waals surface area contributed by atoms with E-state index in [4.69, 9.17) is 5.73 Å². The lowest BCUT2D eigenvalue weighted by Crippen LogP contribution is -2.25. The minimum absolute atomic E-state index is 0.502. The third-order valence-electron chi connectivity index (χ3n) is 1.44. The zero-order chi connectivity index (χ0) is 7.44. The number of nitrogens with zero attached hydrogens (tertiary/aromatic N) is 1. The van der Waals surface area contributed by atoms with Gasteiger partial charge >= 0.3 is 0 Å². The van der Waals surface area contributed by atoms with Gasteiger partial charge in [-0.15, -0.1) is 0 Å². The molecule has 1 unspecified atom stereocenters. The molecular formula is C7H16N2. The first-order valence-corrected chi connectivity index (χ1v) is 3.13. The van der Waals surface area contributed by atoms with Crippen LogP contribution in [0.1, 0.15) is 13.3 Å². The SMILES string of the molecule is C=C(N)CC(C)N(C)C. The molecule has 0 rings (SSSR count). The summed E-state index contributed by atoms with van der Waals surface area (Å²) in [6, 6.07) is 0.502. The molecule has 0 aliphatic rings. The molecule has 0 aliphatic heterocycles. The molecule has 0 saturated heterocycles. The predicted octanol–water partition coefficient (Wildman–Crippen LogP) is 0.799. The first-order chi connectivity index (χ1) is 4.04. The van der Waals surface area contributed by atoms with E-state index in [2.05, 4.69) is 18.4 Å². The zero-order valence-corrected chi connectivity index (χ0v) is 6.52. The van der Waals surface area contributed by atoms with E-state index in [9.17, 15) is 0 Å².